The van der Waals surface area contributed by atoms with Crippen LogP contribution in [-0.4, -0.2) is 46.2 Å². The van der Waals surface area contributed by atoms with Gasteiger partial charge in [0.05, 0.1) is 25.5 Å². The molecule has 0 bridgehead atoms. The molecule has 168 valence electrons. The Balaban J connectivity index is 1.41. The highest BCUT2D eigenvalue weighted by Gasteiger charge is 2.22. The van der Waals surface area contributed by atoms with Crippen LogP contribution in [0.4, 0.5) is 4.39 Å². The van der Waals surface area contributed by atoms with Crippen LogP contribution in [0.1, 0.15) is 18.4 Å². The van der Waals surface area contributed by atoms with E-state index in [1.54, 1.807) is 19.2 Å². The first kappa shape index (κ1) is 22.3. The summed E-state index contributed by atoms with van der Waals surface area (Å²) in [6.45, 7) is 1.78. The quantitative estimate of drug-likeness (QED) is 0.495. The highest BCUT2D eigenvalue weighted by atomic mass is 32.2. The number of nitrogens with zero attached hydrogens (tertiary/aromatic N) is 3. The molecule has 1 aromatic heterocycles. The molecule has 0 spiro atoms. The molecule has 1 saturated heterocycles. The minimum absolute atomic E-state index is 0.0773. The Kier molecular flexibility index (Phi) is 7.39. The van der Waals surface area contributed by atoms with Crippen molar-refractivity contribution in [3.8, 4) is 17.1 Å². The number of ether oxygens (including phenoxy) is 2. The third kappa shape index (κ3) is 5.66. The molecule has 1 aliphatic heterocycles. The molecule has 0 aliphatic carbocycles. The number of hydrogen-bond acceptors (Lipinski definition) is 6. The molecule has 4 rings (SSSR count). The fourth-order valence-corrected chi connectivity index (χ4v) is 4.27. The third-order valence-electron chi connectivity index (χ3n) is 5.21. The Labute approximate surface area is 190 Å². The summed E-state index contributed by atoms with van der Waals surface area (Å²) in [6, 6.07) is 13.7. The number of methoxy groups -OCH3 is 1. The molecular formula is C23H25FN4O3S. The number of hydrogen-bond donors (Lipinski definition) is 1. The van der Waals surface area contributed by atoms with E-state index in [-0.39, 0.29) is 23.6 Å². The van der Waals surface area contributed by atoms with E-state index < -0.39 is 0 Å². The van der Waals surface area contributed by atoms with Gasteiger partial charge in [-0.2, -0.15) is 0 Å². The minimum atomic E-state index is -0.304. The Morgan fingerprint density at radius 3 is 2.69 bits per heavy atom. The zero-order valence-electron chi connectivity index (χ0n) is 17.8. The normalized spacial score (nSPS) is 15.6. The fraction of sp³-hybridized carbons (Fsp3) is 0.348. The van der Waals surface area contributed by atoms with Gasteiger partial charge >= 0.3 is 0 Å². The molecule has 32 heavy (non-hydrogen) atoms. The van der Waals surface area contributed by atoms with Crippen LogP contribution < -0.4 is 10.1 Å². The lowest BCUT2D eigenvalue weighted by Gasteiger charge is -2.14. The predicted molar refractivity (Wildman–Crippen MR) is 120 cm³/mol. The summed E-state index contributed by atoms with van der Waals surface area (Å²) in [5.74, 6) is 1.23. The van der Waals surface area contributed by atoms with Crippen molar-refractivity contribution >= 4 is 17.7 Å². The average molecular weight is 457 g/mol. The van der Waals surface area contributed by atoms with E-state index in [1.165, 1.54) is 23.9 Å². The largest absolute Gasteiger partial charge is 0.497 e. The summed E-state index contributed by atoms with van der Waals surface area (Å²) < 4.78 is 26.3. The van der Waals surface area contributed by atoms with Gasteiger partial charge in [0.15, 0.2) is 11.0 Å². The lowest BCUT2D eigenvalue weighted by atomic mass is 10.2. The second-order valence-electron chi connectivity index (χ2n) is 7.47. The maximum Gasteiger partial charge on any atom is 0.230 e. The Morgan fingerprint density at radius 1 is 1.22 bits per heavy atom. The van der Waals surface area contributed by atoms with Crippen molar-refractivity contribution in [3.63, 3.8) is 0 Å². The van der Waals surface area contributed by atoms with Crippen LogP contribution in [-0.2, 0) is 22.6 Å². The summed E-state index contributed by atoms with van der Waals surface area (Å²) in [5.41, 5.74) is 1.76. The Bertz CT molecular complexity index is 1030. The van der Waals surface area contributed by atoms with Crippen molar-refractivity contribution in [2.45, 2.75) is 37.2 Å². The molecule has 9 heteroatoms. The van der Waals surface area contributed by atoms with E-state index in [4.69, 9.17) is 9.47 Å². The lowest BCUT2D eigenvalue weighted by Crippen LogP contribution is -2.25. The van der Waals surface area contributed by atoms with Gasteiger partial charge in [-0.1, -0.05) is 23.9 Å². The van der Waals surface area contributed by atoms with E-state index in [1.807, 2.05) is 28.8 Å². The number of carbonyl (C=O) groups excluding carboxylic acids is 1. The molecule has 1 amide bonds. The number of aromatic nitrogens is 3. The maximum atomic E-state index is 13.4. The minimum Gasteiger partial charge on any atom is -0.497 e. The van der Waals surface area contributed by atoms with Crippen molar-refractivity contribution < 1.29 is 18.7 Å². The molecule has 2 heterocycles. The molecule has 1 atom stereocenters. The van der Waals surface area contributed by atoms with Gasteiger partial charge in [-0.25, -0.2) is 4.39 Å². The first-order chi connectivity index (χ1) is 15.6. The molecule has 2 aromatic carbocycles. The van der Waals surface area contributed by atoms with Crippen molar-refractivity contribution in [3.05, 3.63) is 59.9 Å². The Morgan fingerprint density at radius 2 is 2.00 bits per heavy atom. The van der Waals surface area contributed by atoms with Crippen LogP contribution in [0.5, 0.6) is 5.75 Å². The van der Waals surface area contributed by atoms with Crippen LogP contribution in [0.3, 0.4) is 0 Å². The zero-order chi connectivity index (χ0) is 22.3. The van der Waals surface area contributed by atoms with Crippen LogP contribution >= 0.6 is 11.8 Å². The smallest absolute Gasteiger partial charge is 0.230 e. The molecule has 1 aliphatic rings. The standard InChI is InChI=1S/C23H25FN4O3S/c1-30-19-10-4-16(5-11-19)13-25-21(29)15-32-23-27-26-22(17-6-8-18(24)9-7-17)28(23)14-20-3-2-12-31-20/h4-11,20H,2-3,12-15H2,1H3,(H,25,29). The van der Waals surface area contributed by atoms with Gasteiger partial charge in [0.25, 0.3) is 0 Å². The number of nitrogens with one attached hydrogen (secondary N) is 1. The summed E-state index contributed by atoms with van der Waals surface area (Å²) in [7, 11) is 1.62. The molecule has 7 nitrogen and oxygen atoms in total. The molecule has 3 aromatic rings. The van der Waals surface area contributed by atoms with E-state index in [9.17, 15) is 9.18 Å². The maximum absolute atomic E-state index is 13.4. The van der Waals surface area contributed by atoms with Crippen molar-refractivity contribution in [1.82, 2.24) is 20.1 Å². The second-order valence-corrected chi connectivity index (χ2v) is 8.41. The number of rotatable bonds is 9. The molecular weight excluding hydrogens is 431 g/mol. The summed E-state index contributed by atoms with van der Waals surface area (Å²) in [4.78, 5) is 12.4. The van der Waals surface area contributed by atoms with Crippen molar-refractivity contribution in [1.29, 1.82) is 0 Å². The fourth-order valence-electron chi connectivity index (χ4n) is 3.49. The van der Waals surface area contributed by atoms with Gasteiger partial charge in [-0.15, -0.1) is 10.2 Å². The van der Waals surface area contributed by atoms with Gasteiger partial charge < -0.3 is 14.8 Å². The van der Waals surface area contributed by atoms with Crippen molar-refractivity contribution in [2.24, 2.45) is 0 Å². The monoisotopic (exact) mass is 456 g/mol. The van der Waals surface area contributed by atoms with E-state index >= 15 is 0 Å². The van der Waals surface area contributed by atoms with Crippen LogP contribution in [0, 0.1) is 5.82 Å². The topological polar surface area (TPSA) is 78.3 Å². The number of thioether (sulfide) groups is 1. The summed E-state index contributed by atoms with van der Waals surface area (Å²) >= 11 is 1.33. The predicted octanol–water partition coefficient (Wildman–Crippen LogP) is 3.68. The van der Waals surface area contributed by atoms with E-state index in [0.29, 0.717) is 24.1 Å². The van der Waals surface area contributed by atoms with Gasteiger partial charge in [-0.3, -0.25) is 9.36 Å². The second kappa shape index (κ2) is 10.6. The Hall–Kier alpha value is -2.91. The van der Waals surface area contributed by atoms with Crippen molar-refractivity contribution in [2.75, 3.05) is 19.5 Å². The number of amides is 1. The van der Waals surface area contributed by atoms with Crippen LogP contribution in [0.2, 0.25) is 0 Å². The van der Waals surface area contributed by atoms with Gasteiger partial charge in [0.1, 0.15) is 11.6 Å². The van der Waals surface area contributed by atoms with E-state index in [0.717, 1.165) is 36.3 Å². The summed E-state index contributed by atoms with van der Waals surface area (Å²) in [5, 5.41) is 12.2. The first-order valence-electron chi connectivity index (χ1n) is 10.5. The molecule has 1 fully saturated rings. The molecule has 1 unspecified atom stereocenters. The zero-order valence-corrected chi connectivity index (χ0v) is 18.6. The third-order valence-corrected chi connectivity index (χ3v) is 6.18. The SMILES string of the molecule is COc1ccc(CNC(=O)CSc2nnc(-c3ccc(F)cc3)n2CC2CCCO2)cc1. The first-order valence-corrected chi connectivity index (χ1v) is 11.4. The molecule has 0 saturated carbocycles. The average Bonchev–Trinajstić information content (AvgIpc) is 3.48. The highest BCUT2D eigenvalue weighted by molar-refractivity contribution is 7.99. The highest BCUT2D eigenvalue weighted by Crippen LogP contribution is 2.26. The number of benzene rings is 2. The van der Waals surface area contributed by atoms with Gasteiger partial charge in [-0.05, 0) is 54.8 Å². The van der Waals surface area contributed by atoms with Gasteiger partial charge in [0, 0.05) is 18.7 Å². The lowest BCUT2D eigenvalue weighted by molar-refractivity contribution is -0.118. The number of halogens is 1. The molecule has 0 radical (unpaired) electrons. The molecule has 1 N–H and O–H groups in total. The van der Waals surface area contributed by atoms with E-state index in [2.05, 4.69) is 15.5 Å². The van der Waals surface area contributed by atoms with Gasteiger partial charge in [0.2, 0.25) is 5.91 Å². The van der Waals surface area contributed by atoms with Crippen LogP contribution in [0.25, 0.3) is 11.4 Å². The summed E-state index contributed by atoms with van der Waals surface area (Å²) in [6.07, 6.45) is 2.07. The van der Waals surface area contributed by atoms with Crippen LogP contribution in [0.15, 0.2) is 53.7 Å². The number of carbonyl (C=O) groups is 1.